The van der Waals surface area contributed by atoms with Crippen LogP contribution in [0.3, 0.4) is 0 Å². The molecule has 0 aliphatic heterocycles. The topological polar surface area (TPSA) is 26.3 Å². The monoisotopic (exact) mass is 140 g/mol. The quantitative estimate of drug-likeness (QED) is 0.323. The molecule has 0 heterocycles. The SMILES string of the molecule is C#CC(=O)CCCOCC. The van der Waals surface area contributed by atoms with E-state index in [-0.39, 0.29) is 5.78 Å². The van der Waals surface area contributed by atoms with Crippen LogP contribution in [0.2, 0.25) is 0 Å². The molecule has 0 aromatic rings. The Labute approximate surface area is 61.6 Å². The highest BCUT2D eigenvalue weighted by molar-refractivity contribution is 5.94. The molecule has 0 spiro atoms. The van der Waals surface area contributed by atoms with Crippen LogP contribution >= 0.6 is 0 Å². The predicted octanol–water partition coefficient (Wildman–Crippen LogP) is 1.01. The van der Waals surface area contributed by atoms with Gasteiger partial charge in [0.1, 0.15) is 0 Å². The van der Waals surface area contributed by atoms with Gasteiger partial charge in [-0.15, -0.1) is 6.42 Å². The normalized spacial score (nSPS) is 8.80. The van der Waals surface area contributed by atoms with Gasteiger partial charge in [-0.1, -0.05) is 0 Å². The number of hydrogen-bond donors (Lipinski definition) is 0. The lowest BCUT2D eigenvalue weighted by atomic mass is 10.2. The highest BCUT2D eigenvalue weighted by Gasteiger charge is 1.94. The maximum absolute atomic E-state index is 10.5. The fourth-order valence-corrected chi connectivity index (χ4v) is 0.551. The summed E-state index contributed by atoms with van der Waals surface area (Å²) in [6, 6.07) is 0. The summed E-state index contributed by atoms with van der Waals surface area (Å²) in [5.74, 6) is 1.91. The lowest BCUT2D eigenvalue weighted by Crippen LogP contribution is -1.98. The summed E-state index contributed by atoms with van der Waals surface area (Å²) in [4.78, 5) is 10.5. The third-order valence-corrected chi connectivity index (χ3v) is 1.06. The van der Waals surface area contributed by atoms with Gasteiger partial charge in [0.25, 0.3) is 0 Å². The number of terminal acetylenes is 1. The fraction of sp³-hybridized carbons (Fsp3) is 0.625. The number of carbonyl (C=O) groups is 1. The van der Waals surface area contributed by atoms with Gasteiger partial charge in [-0.05, 0) is 19.3 Å². The van der Waals surface area contributed by atoms with Crippen LogP contribution in [0.15, 0.2) is 0 Å². The summed E-state index contributed by atoms with van der Waals surface area (Å²) < 4.78 is 5.01. The number of ketones is 1. The Morgan fingerprint density at radius 3 is 2.90 bits per heavy atom. The summed E-state index contributed by atoms with van der Waals surface area (Å²) in [6.45, 7) is 3.25. The minimum atomic E-state index is -0.139. The van der Waals surface area contributed by atoms with Crippen LogP contribution in [0.1, 0.15) is 19.8 Å². The first-order valence-corrected chi connectivity index (χ1v) is 3.38. The fourth-order valence-electron chi connectivity index (χ4n) is 0.551. The average Bonchev–Trinajstić information content (AvgIpc) is 1.98. The molecule has 0 N–H and O–H groups in total. The van der Waals surface area contributed by atoms with E-state index in [4.69, 9.17) is 11.2 Å². The molecule has 0 bridgehead atoms. The molecular weight excluding hydrogens is 128 g/mol. The van der Waals surface area contributed by atoms with Gasteiger partial charge in [0.2, 0.25) is 5.78 Å². The summed E-state index contributed by atoms with van der Waals surface area (Å²) >= 11 is 0. The van der Waals surface area contributed by atoms with Crippen LogP contribution in [0, 0.1) is 12.3 Å². The first-order chi connectivity index (χ1) is 4.81. The average molecular weight is 140 g/mol. The van der Waals surface area contributed by atoms with E-state index >= 15 is 0 Å². The number of carbonyl (C=O) groups excluding carboxylic acids is 1. The second kappa shape index (κ2) is 6.31. The standard InChI is InChI=1S/C8H12O2/c1-3-8(9)6-5-7-10-4-2/h1H,4-7H2,2H3. The summed E-state index contributed by atoms with van der Waals surface area (Å²) in [5.41, 5.74) is 0. The van der Waals surface area contributed by atoms with Crippen molar-refractivity contribution in [2.24, 2.45) is 0 Å². The Kier molecular flexibility index (Phi) is 5.80. The van der Waals surface area contributed by atoms with E-state index in [1.54, 1.807) is 0 Å². The number of hydrogen-bond acceptors (Lipinski definition) is 2. The molecule has 2 nitrogen and oxygen atoms in total. The Balaban J connectivity index is 3.06. The Bertz CT molecular complexity index is 133. The summed E-state index contributed by atoms with van der Waals surface area (Å²) in [7, 11) is 0. The zero-order valence-corrected chi connectivity index (χ0v) is 6.22. The van der Waals surface area contributed by atoms with Gasteiger partial charge in [-0.2, -0.15) is 0 Å². The zero-order chi connectivity index (χ0) is 7.82. The van der Waals surface area contributed by atoms with Crippen LogP contribution in [0.4, 0.5) is 0 Å². The van der Waals surface area contributed by atoms with Crippen LogP contribution in [0.25, 0.3) is 0 Å². The van der Waals surface area contributed by atoms with Crippen molar-refractivity contribution in [2.75, 3.05) is 13.2 Å². The molecular formula is C8H12O2. The molecule has 0 amide bonds. The number of Topliss-reactive ketones (excluding diaryl/α,β-unsaturated/α-hetero) is 1. The van der Waals surface area contributed by atoms with Crippen molar-refractivity contribution in [3.8, 4) is 12.3 Å². The molecule has 0 rings (SSSR count). The van der Waals surface area contributed by atoms with Crippen LogP contribution in [-0.4, -0.2) is 19.0 Å². The van der Waals surface area contributed by atoms with Crippen molar-refractivity contribution in [1.82, 2.24) is 0 Å². The van der Waals surface area contributed by atoms with E-state index in [9.17, 15) is 4.79 Å². The molecule has 10 heavy (non-hydrogen) atoms. The van der Waals surface area contributed by atoms with Crippen molar-refractivity contribution >= 4 is 5.78 Å². The van der Waals surface area contributed by atoms with Crippen LogP contribution < -0.4 is 0 Å². The number of rotatable bonds is 5. The van der Waals surface area contributed by atoms with Crippen molar-refractivity contribution in [3.05, 3.63) is 0 Å². The van der Waals surface area contributed by atoms with Gasteiger partial charge in [0.15, 0.2) is 0 Å². The van der Waals surface area contributed by atoms with E-state index in [0.29, 0.717) is 19.6 Å². The molecule has 0 atom stereocenters. The third-order valence-electron chi connectivity index (χ3n) is 1.06. The van der Waals surface area contributed by atoms with Crippen molar-refractivity contribution in [2.45, 2.75) is 19.8 Å². The van der Waals surface area contributed by atoms with Crippen LogP contribution in [0.5, 0.6) is 0 Å². The minimum Gasteiger partial charge on any atom is -0.382 e. The Hall–Kier alpha value is -0.810. The van der Waals surface area contributed by atoms with E-state index in [1.807, 2.05) is 12.8 Å². The van der Waals surface area contributed by atoms with E-state index < -0.39 is 0 Å². The summed E-state index contributed by atoms with van der Waals surface area (Å²) in [6.07, 6.45) is 6.02. The molecule has 0 saturated carbocycles. The van der Waals surface area contributed by atoms with Gasteiger partial charge in [0.05, 0.1) is 0 Å². The maximum Gasteiger partial charge on any atom is 0.205 e. The zero-order valence-electron chi connectivity index (χ0n) is 6.22. The van der Waals surface area contributed by atoms with Crippen molar-refractivity contribution in [3.63, 3.8) is 0 Å². The van der Waals surface area contributed by atoms with Gasteiger partial charge in [-0.25, -0.2) is 0 Å². The van der Waals surface area contributed by atoms with E-state index in [2.05, 4.69) is 0 Å². The van der Waals surface area contributed by atoms with Crippen molar-refractivity contribution < 1.29 is 9.53 Å². The lowest BCUT2D eigenvalue weighted by molar-refractivity contribution is -0.114. The molecule has 56 valence electrons. The molecule has 0 unspecified atom stereocenters. The molecule has 0 fully saturated rings. The molecule has 0 radical (unpaired) electrons. The smallest absolute Gasteiger partial charge is 0.205 e. The highest BCUT2D eigenvalue weighted by atomic mass is 16.5. The van der Waals surface area contributed by atoms with Gasteiger partial charge >= 0.3 is 0 Å². The lowest BCUT2D eigenvalue weighted by Gasteiger charge is -1.96. The first-order valence-electron chi connectivity index (χ1n) is 3.38. The van der Waals surface area contributed by atoms with Crippen LogP contribution in [-0.2, 0) is 9.53 Å². The van der Waals surface area contributed by atoms with Crippen molar-refractivity contribution in [1.29, 1.82) is 0 Å². The third kappa shape index (κ3) is 5.33. The molecule has 0 saturated heterocycles. The molecule has 0 aromatic carbocycles. The first kappa shape index (κ1) is 9.19. The second-order valence-electron chi connectivity index (χ2n) is 1.87. The minimum absolute atomic E-state index is 0.139. The van der Waals surface area contributed by atoms with Gasteiger partial charge < -0.3 is 4.74 Å². The summed E-state index contributed by atoms with van der Waals surface area (Å²) in [5, 5.41) is 0. The van der Waals surface area contributed by atoms with E-state index in [0.717, 1.165) is 6.42 Å². The predicted molar refractivity (Wildman–Crippen MR) is 39.6 cm³/mol. The Morgan fingerprint density at radius 1 is 1.70 bits per heavy atom. The number of ether oxygens (including phenoxy) is 1. The molecule has 2 heteroatoms. The Morgan fingerprint density at radius 2 is 2.40 bits per heavy atom. The molecule has 0 aliphatic carbocycles. The van der Waals surface area contributed by atoms with E-state index in [1.165, 1.54) is 0 Å². The second-order valence-corrected chi connectivity index (χ2v) is 1.87. The largest absolute Gasteiger partial charge is 0.382 e. The highest BCUT2D eigenvalue weighted by Crippen LogP contribution is 1.90. The molecule has 0 aromatic heterocycles. The maximum atomic E-state index is 10.5. The van der Waals surface area contributed by atoms with Gasteiger partial charge in [0, 0.05) is 19.6 Å². The van der Waals surface area contributed by atoms with Gasteiger partial charge in [-0.3, -0.25) is 4.79 Å². The molecule has 0 aliphatic rings.